The molecule has 0 saturated heterocycles. The van der Waals surface area contributed by atoms with E-state index in [0.717, 1.165) is 0 Å². The Morgan fingerprint density at radius 3 is 2.69 bits per heavy atom. The quantitative estimate of drug-likeness (QED) is 0.638. The van der Waals surface area contributed by atoms with Crippen LogP contribution in [0.4, 0.5) is 14.9 Å². The van der Waals surface area contributed by atoms with E-state index in [4.69, 9.17) is 4.74 Å². The molecule has 7 heteroatoms. The summed E-state index contributed by atoms with van der Waals surface area (Å²) in [6.07, 6.45) is 4.24. The molecule has 0 fully saturated rings. The second-order valence-corrected chi connectivity index (χ2v) is 7.39. The summed E-state index contributed by atoms with van der Waals surface area (Å²) in [6, 6.07) is 3.95. The van der Waals surface area contributed by atoms with Crippen LogP contribution in [0.5, 0.6) is 0 Å². The van der Waals surface area contributed by atoms with E-state index in [0.29, 0.717) is 36.1 Å². The number of rotatable bonds is 6. The first-order valence-electron chi connectivity index (χ1n) is 9.86. The molecule has 3 N–H and O–H groups in total. The molecule has 2 atom stereocenters. The van der Waals surface area contributed by atoms with Crippen molar-refractivity contribution >= 4 is 17.7 Å². The Morgan fingerprint density at radius 2 is 2.07 bits per heavy atom. The summed E-state index contributed by atoms with van der Waals surface area (Å²) in [4.78, 5) is 24.8. The zero-order valence-corrected chi connectivity index (χ0v) is 17.3. The number of carbonyl (C=O) groups is 2. The predicted octanol–water partition coefficient (Wildman–Crippen LogP) is 4.76. The van der Waals surface area contributed by atoms with Gasteiger partial charge in [0.05, 0.1) is 18.1 Å². The highest BCUT2D eigenvalue weighted by Crippen LogP contribution is 2.28. The monoisotopic (exact) mass is 404 g/mol. The van der Waals surface area contributed by atoms with Crippen molar-refractivity contribution in [3.05, 3.63) is 53.1 Å². The summed E-state index contributed by atoms with van der Waals surface area (Å²) in [5, 5.41) is 16.3. The third-order valence-electron chi connectivity index (χ3n) is 4.72. The van der Waals surface area contributed by atoms with Crippen molar-refractivity contribution in [2.45, 2.75) is 59.1 Å². The minimum absolute atomic E-state index is 0.0967. The SMILES string of the molecule is CC[C@H](NC(=O)OC(C)C)C1=C(O)[C@@H](C(=O)Nc2ccc(C)c(F)c2)CCC=C1. The molecule has 0 spiro atoms. The number of hydrogen-bond acceptors (Lipinski definition) is 4. The lowest BCUT2D eigenvalue weighted by molar-refractivity contribution is -0.119. The number of halogens is 1. The van der Waals surface area contributed by atoms with Gasteiger partial charge in [-0.3, -0.25) is 4.79 Å². The largest absolute Gasteiger partial charge is 0.511 e. The van der Waals surface area contributed by atoms with Crippen LogP contribution >= 0.6 is 0 Å². The molecular formula is C22H29FN2O4. The van der Waals surface area contributed by atoms with E-state index in [1.54, 1.807) is 39.0 Å². The number of carbonyl (C=O) groups excluding carboxylic acids is 2. The third kappa shape index (κ3) is 6.07. The summed E-state index contributed by atoms with van der Waals surface area (Å²) in [5.41, 5.74) is 1.29. The predicted molar refractivity (Wildman–Crippen MR) is 110 cm³/mol. The van der Waals surface area contributed by atoms with Crippen LogP contribution in [0.2, 0.25) is 0 Å². The minimum atomic E-state index is -0.804. The normalized spacial score (nSPS) is 17.7. The molecule has 2 amide bonds. The molecule has 6 nitrogen and oxygen atoms in total. The molecular weight excluding hydrogens is 375 g/mol. The smallest absolute Gasteiger partial charge is 0.407 e. The number of nitrogens with one attached hydrogen (secondary N) is 2. The average molecular weight is 404 g/mol. The Bertz CT molecular complexity index is 817. The summed E-state index contributed by atoms with van der Waals surface area (Å²) in [7, 11) is 0. The van der Waals surface area contributed by atoms with Gasteiger partial charge in [-0.25, -0.2) is 9.18 Å². The molecule has 1 aromatic rings. The average Bonchev–Trinajstić information content (AvgIpc) is 2.84. The number of aryl methyl sites for hydroxylation is 1. The summed E-state index contributed by atoms with van der Waals surface area (Å²) in [6.45, 7) is 7.00. The van der Waals surface area contributed by atoms with Crippen LogP contribution in [0.25, 0.3) is 0 Å². The molecule has 1 aliphatic rings. The Hall–Kier alpha value is -2.83. The number of ether oxygens (including phenoxy) is 1. The Balaban J connectivity index is 2.22. The molecule has 0 aromatic heterocycles. The van der Waals surface area contributed by atoms with Crippen LogP contribution in [0.3, 0.4) is 0 Å². The first-order chi connectivity index (χ1) is 13.7. The molecule has 1 aliphatic carbocycles. The van der Waals surface area contributed by atoms with Gasteiger partial charge in [0.25, 0.3) is 0 Å². The number of anilines is 1. The van der Waals surface area contributed by atoms with Crippen molar-refractivity contribution in [3.63, 3.8) is 0 Å². The molecule has 0 unspecified atom stereocenters. The highest BCUT2D eigenvalue weighted by atomic mass is 19.1. The lowest BCUT2D eigenvalue weighted by Gasteiger charge is -2.22. The minimum Gasteiger partial charge on any atom is -0.511 e. The highest BCUT2D eigenvalue weighted by Gasteiger charge is 2.29. The molecule has 1 aromatic carbocycles. The summed E-state index contributed by atoms with van der Waals surface area (Å²) >= 11 is 0. The van der Waals surface area contributed by atoms with Crippen LogP contribution in [0.1, 0.15) is 45.6 Å². The van der Waals surface area contributed by atoms with E-state index < -0.39 is 29.8 Å². The first-order valence-corrected chi connectivity index (χ1v) is 9.86. The van der Waals surface area contributed by atoms with E-state index in [1.165, 1.54) is 6.07 Å². The second kappa shape index (κ2) is 10.1. The van der Waals surface area contributed by atoms with Gasteiger partial charge < -0.3 is 20.5 Å². The van der Waals surface area contributed by atoms with E-state index in [1.807, 2.05) is 13.0 Å². The van der Waals surface area contributed by atoms with Gasteiger partial charge in [0.2, 0.25) is 5.91 Å². The molecule has 0 aliphatic heterocycles. The highest BCUT2D eigenvalue weighted by molar-refractivity contribution is 5.94. The lowest BCUT2D eigenvalue weighted by atomic mass is 9.95. The Morgan fingerprint density at radius 1 is 1.34 bits per heavy atom. The van der Waals surface area contributed by atoms with Crippen molar-refractivity contribution in [1.82, 2.24) is 5.32 Å². The van der Waals surface area contributed by atoms with Crippen LogP contribution in [-0.4, -0.2) is 29.3 Å². The summed E-state index contributed by atoms with van der Waals surface area (Å²) in [5.74, 6) is -1.74. The van der Waals surface area contributed by atoms with Crippen molar-refractivity contribution in [2.75, 3.05) is 5.32 Å². The van der Waals surface area contributed by atoms with E-state index >= 15 is 0 Å². The van der Waals surface area contributed by atoms with E-state index in [-0.39, 0.29) is 11.9 Å². The zero-order valence-electron chi connectivity index (χ0n) is 17.3. The van der Waals surface area contributed by atoms with Crippen molar-refractivity contribution in [3.8, 4) is 0 Å². The maximum absolute atomic E-state index is 13.8. The van der Waals surface area contributed by atoms with Gasteiger partial charge in [0.15, 0.2) is 0 Å². The van der Waals surface area contributed by atoms with Crippen LogP contribution < -0.4 is 10.6 Å². The first kappa shape index (κ1) is 22.5. The van der Waals surface area contributed by atoms with Crippen LogP contribution in [0.15, 0.2) is 41.7 Å². The fourth-order valence-corrected chi connectivity index (χ4v) is 3.14. The molecule has 158 valence electrons. The fraction of sp³-hybridized carbons (Fsp3) is 0.455. The van der Waals surface area contributed by atoms with Crippen molar-refractivity contribution < 1.29 is 23.8 Å². The fourth-order valence-electron chi connectivity index (χ4n) is 3.14. The van der Waals surface area contributed by atoms with Gasteiger partial charge in [-0.15, -0.1) is 0 Å². The number of aliphatic hydroxyl groups is 1. The molecule has 29 heavy (non-hydrogen) atoms. The van der Waals surface area contributed by atoms with Crippen LogP contribution in [0, 0.1) is 18.7 Å². The van der Waals surface area contributed by atoms with Gasteiger partial charge in [-0.05, 0) is 57.7 Å². The third-order valence-corrected chi connectivity index (χ3v) is 4.72. The molecule has 0 heterocycles. The van der Waals surface area contributed by atoms with Crippen LogP contribution in [-0.2, 0) is 9.53 Å². The van der Waals surface area contributed by atoms with Gasteiger partial charge in [-0.1, -0.05) is 25.1 Å². The van der Waals surface area contributed by atoms with Gasteiger partial charge in [0, 0.05) is 11.3 Å². The zero-order chi connectivity index (χ0) is 21.6. The molecule has 0 bridgehead atoms. The number of alkyl carbamates (subject to hydrolysis) is 1. The van der Waals surface area contributed by atoms with Crippen molar-refractivity contribution in [2.24, 2.45) is 5.92 Å². The number of benzene rings is 1. The number of allylic oxidation sites excluding steroid dienone is 1. The van der Waals surface area contributed by atoms with E-state index in [2.05, 4.69) is 10.6 Å². The summed E-state index contributed by atoms with van der Waals surface area (Å²) < 4.78 is 18.9. The standard InChI is InChI=1S/C22H29FN2O4/c1-5-19(25-22(28)29-13(2)3)16-8-6-7-9-17(20(16)26)21(27)24-15-11-10-14(4)18(23)12-15/h6,8,10-13,17,19,26H,5,7,9H2,1-4H3,(H,24,27)(H,25,28)/t17-,19-/m0/s1. The topological polar surface area (TPSA) is 87.7 Å². The van der Waals surface area contributed by atoms with Gasteiger partial charge >= 0.3 is 6.09 Å². The van der Waals surface area contributed by atoms with Crippen molar-refractivity contribution in [1.29, 1.82) is 0 Å². The second-order valence-electron chi connectivity index (χ2n) is 7.39. The Kier molecular flexibility index (Phi) is 7.82. The lowest BCUT2D eigenvalue weighted by Crippen LogP contribution is -2.38. The maximum atomic E-state index is 13.8. The maximum Gasteiger partial charge on any atom is 0.407 e. The molecule has 2 rings (SSSR count). The van der Waals surface area contributed by atoms with Gasteiger partial charge in [0.1, 0.15) is 11.6 Å². The number of amides is 2. The number of aliphatic hydroxyl groups excluding tert-OH is 1. The molecule has 0 radical (unpaired) electrons. The Labute approximate surface area is 170 Å². The molecule has 0 saturated carbocycles. The van der Waals surface area contributed by atoms with Gasteiger partial charge in [-0.2, -0.15) is 0 Å². The number of hydrogen-bond donors (Lipinski definition) is 3. The van der Waals surface area contributed by atoms with E-state index in [9.17, 15) is 19.1 Å².